The molecular weight excluding hydrogens is 276 g/mol. The molecule has 1 amide bonds. The summed E-state index contributed by atoms with van der Waals surface area (Å²) in [5.41, 5.74) is 0.239. The molecule has 2 heterocycles. The van der Waals surface area contributed by atoms with Gasteiger partial charge in [-0.25, -0.2) is 0 Å². The number of hydrogen-bond donors (Lipinski definition) is 1. The van der Waals surface area contributed by atoms with Crippen molar-refractivity contribution in [2.24, 2.45) is 0 Å². The minimum absolute atomic E-state index is 0.0965. The van der Waals surface area contributed by atoms with E-state index >= 15 is 0 Å². The van der Waals surface area contributed by atoms with Gasteiger partial charge in [-0.15, -0.1) is 0 Å². The number of carbonyl (C=O) groups is 1. The Kier molecular flexibility index (Phi) is 4.24. The monoisotopic (exact) mass is 302 g/mol. The molecule has 1 spiro atoms. The molecule has 1 aromatic rings. The summed E-state index contributed by atoms with van der Waals surface area (Å²) in [4.78, 5) is 14.7. The van der Waals surface area contributed by atoms with Gasteiger partial charge in [-0.05, 0) is 51.8 Å². The van der Waals surface area contributed by atoms with Gasteiger partial charge in [0, 0.05) is 6.54 Å². The second kappa shape index (κ2) is 6.01. The van der Waals surface area contributed by atoms with Crippen LogP contribution in [-0.2, 0) is 16.1 Å². The van der Waals surface area contributed by atoms with Crippen molar-refractivity contribution in [2.45, 2.75) is 50.9 Å². The number of nitrogens with zero attached hydrogens (tertiary/aromatic N) is 1. The first kappa shape index (κ1) is 15.5. The summed E-state index contributed by atoms with van der Waals surface area (Å²) in [6.45, 7) is 7.19. The highest BCUT2D eigenvalue weighted by molar-refractivity contribution is 5.85. The summed E-state index contributed by atoms with van der Waals surface area (Å²) < 4.78 is 6.33. The Hall–Kier alpha value is -1.39. The van der Waals surface area contributed by atoms with Gasteiger partial charge in [0.05, 0.1) is 12.1 Å². The van der Waals surface area contributed by atoms with Gasteiger partial charge in [0.1, 0.15) is 5.60 Å². The van der Waals surface area contributed by atoms with Gasteiger partial charge in [0.2, 0.25) is 0 Å². The fourth-order valence-corrected chi connectivity index (χ4v) is 3.71. The molecule has 2 saturated heterocycles. The lowest BCUT2D eigenvalue weighted by Gasteiger charge is -2.49. The van der Waals surface area contributed by atoms with Crippen LogP contribution in [0.1, 0.15) is 38.7 Å². The maximum absolute atomic E-state index is 12.7. The van der Waals surface area contributed by atoms with E-state index in [1.54, 1.807) is 0 Å². The topological polar surface area (TPSA) is 41.6 Å². The second-order valence-corrected chi connectivity index (χ2v) is 7.05. The van der Waals surface area contributed by atoms with Crippen LogP contribution in [-0.4, -0.2) is 41.6 Å². The normalized spacial score (nSPS) is 28.6. The van der Waals surface area contributed by atoms with E-state index in [0.29, 0.717) is 13.1 Å². The van der Waals surface area contributed by atoms with Gasteiger partial charge in [-0.3, -0.25) is 4.79 Å². The van der Waals surface area contributed by atoms with Crippen LogP contribution in [0.4, 0.5) is 0 Å². The van der Waals surface area contributed by atoms with E-state index in [4.69, 9.17) is 4.74 Å². The van der Waals surface area contributed by atoms with Crippen molar-refractivity contribution in [3.8, 4) is 0 Å². The fourth-order valence-electron chi connectivity index (χ4n) is 3.71. The molecule has 4 nitrogen and oxygen atoms in total. The highest BCUT2D eigenvalue weighted by Gasteiger charge is 2.49. The summed E-state index contributed by atoms with van der Waals surface area (Å²) in [5.74, 6) is 0.0965. The van der Waals surface area contributed by atoms with Crippen LogP contribution in [0.5, 0.6) is 0 Å². The lowest BCUT2D eigenvalue weighted by molar-refractivity contribution is -0.210. The second-order valence-electron chi connectivity index (χ2n) is 7.05. The molecule has 2 fully saturated rings. The first-order valence-corrected chi connectivity index (χ1v) is 8.25. The molecule has 1 atom stereocenters. The SMILES string of the molecule is CC1(C)OC2(CCCNCC2)CN(Cc2ccccc2)C1=O. The summed E-state index contributed by atoms with van der Waals surface area (Å²) in [6.07, 6.45) is 3.08. The molecule has 2 aliphatic rings. The largest absolute Gasteiger partial charge is 0.357 e. The Balaban J connectivity index is 1.83. The summed E-state index contributed by atoms with van der Waals surface area (Å²) in [6, 6.07) is 10.2. The van der Waals surface area contributed by atoms with Crippen molar-refractivity contribution in [1.29, 1.82) is 0 Å². The van der Waals surface area contributed by atoms with Crippen molar-refractivity contribution in [2.75, 3.05) is 19.6 Å². The van der Waals surface area contributed by atoms with Gasteiger partial charge in [-0.2, -0.15) is 0 Å². The van der Waals surface area contributed by atoms with Gasteiger partial charge in [-0.1, -0.05) is 30.3 Å². The van der Waals surface area contributed by atoms with E-state index in [0.717, 1.165) is 32.4 Å². The van der Waals surface area contributed by atoms with Crippen LogP contribution < -0.4 is 5.32 Å². The standard InChI is InChI=1S/C18H26N2O2/c1-17(2)16(21)20(13-15-7-4-3-5-8-15)14-18(22-17)9-6-11-19-12-10-18/h3-5,7-8,19H,6,9-14H2,1-2H3. The molecule has 120 valence electrons. The smallest absolute Gasteiger partial charge is 0.254 e. The van der Waals surface area contributed by atoms with Crippen LogP contribution >= 0.6 is 0 Å². The van der Waals surface area contributed by atoms with Crippen molar-refractivity contribution >= 4 is 5.91 Å². The zero-order chi connectivity index (χ0) is 15.6. The maximum atomic E-state index is 12.7. The number of carbonyl (C=O) groups excluding carboxylic acids is 1. The molecule has 2 aliphatic heterocycles. The van der Waals surface area contributed by atoms with Crippen LogP contribution in [0.15, 0.2) is 30.3 Å². The third-order valence-corrected chi connectivity index (χ3v) is 4.71. The zero-order valence-corrected chi connectivity index (χ0v) is 13.6. The van der Waals surface area contributed by atoms with E-state index < -0.39 is 5.60 Å². The number of amides is 1. The molecule has 3 rings (SSSR count). The molecule has 0 aromatic heterocycles. The van der Waals surface area contributed by atoms with Crippen LogP contribution in [0.2, 0.25) is 0 Å². The highest BCUT2D eigenvalue weighted by Crippen LogP contribution is 2.36. The van der Waals surface area contributed by atoms with Gasteiger partial charge >= 0.3 is 0 Å². The maximum Gasteiger partial charge on any atom is 0.254 e. The Morgan fingerprint density at radius 1 is 1.18 bits per heavy atom. The van der Waals surface area contributed by atoms with Crippen molar-refractivity contribution in [3.05, 3.63) is 35.9 Å². The molecule has 1 N–H and O–H groups in total. The predicted molar refractivity (Wildman–Crippen MR) is 86.5 cm³/mol. The molecule has 0 aliphatic carbocycles. The average molecular weight is 302 g/mol. The van der Waals surface area contributed by atoms with Crippen molar-refractivity contribution < 1.29 is 9.53 Å². The molecule has 1 aromatic carbocycles. The Morgan fingerprint density at radius 3 is 2.73 bits per heavy atom. The van der Waals surface area contributed by atoms with Crippen molar-refractivity contribution in [3.63, 3.8) is 0 Å². The number of benzene rings is 1. The Labute approximate surface area is 132 Å². The van der Waals surface area contributed by atoms with Gasteiger partial charge < -0.3 is 15.0 Å². The lowest BCUT2D eigenvalue weighted by atomic mass is 9.88. The number of ether oxygens (including phenoxy) is 1. The molecule has 22 heavy (non-hydrogen) atoms. The van der Waals surface area contributed by atoms with Gasteiger partial charge in [0.15, 0.2) is 0 Å². The molecule has 0 bridgehead atoms. The van der Waals surface area contributed by atoms with E-state index in [1.807, 2.05) is 36.9 Å². The van der Waals surface area contributed by atoms with E-state index in [2.05, 4.69) is 17.4 Å². The number of hydrogen-bond acceptors (Lipinski definition) is 3. The number of rotatable bonds is 2. The number of nitrogens with one attached hydrogen (secondary N) is 1. The van der Waals surface area contributed by atoms with E-state index in [-0.39, 0.29) is 11.5 Å². The summed E-state index contributed by atoms with van der Waals surface area (Å²) in [7, 11) is 0. The van der Waals surface area contributed by atoms with Crippen LogP contribution in [0.3, 0.4) is 0 Å². The third-order valence-electron chi connectivity index (χ3n) is 4.71. The molecule has 1 unspecified atom stereocenters. The first-order chi connectivity index (χ1) is 10.5. The zero-order valence-electron chi connectivity index (χ0n) is 13.6. The Morgan fingerprint density at radius 2 is 1.95 bits per heavy atom. The minimum Gasteiger partial charge on any atom is -0.357 e. The predicted octanol–water partition coefficient (Wildman–Crippen LogP) is 2.34. The van der Waals surface area contributed by atoms with Crippen LogP contribution in [0.25, 0.3) is 0 Å². The molecule has 4 heteroatoms. The first-order valence-electron chi connectivity index (χ1n) is 8.25. The Bertz CT molecular complexity index is 519. The van der Waals surface area contributed by atoms with E-state index in [1.165, 1.54) is 5.56 Å². The lowest BCUT2D eigenvalue weighted by Crippen LogP contribution is -2.62. The highest BCUT2D eigenvalue weighted by atomic mass is 16.5. The van der Waals surface area contributed by atoms with Crippen LogP contribution in [0, 0.1) is 0 Å². The third kappa shape index (κ3) is 3.18. The minimum atomic E-state index is -0.739. The molecule has 0 radical (unpaired) electrons. The summed E-state index contributed by atoms with van der Waals surface area (Å²) >= 11 is 0. The van der Waals surface area contributed by atoms with Gasteiger partial charge in [0.25, 0.3) is 5.91 Å². The molecule has 0 saturated carbocycles. The number of morpholine rings is 1. The summed E-state index contributed by atoms with van der Waals surface area (Å²) in [5, 5.41) is 3.44. The van der Waals surface area contributed by atoms with Crippen molar-refractivity contribution in [1.82, 2.24) is 10.2 Å². The quantitative estimate of drug-likeness (QED) is 0.912. The molecular formula is C18H26N2O2. The average Bonchev–Trinajstić information content (AvgIpc) is 2.71. The fraction of sp³-hybridized carbons (Fsp3) is 0.611. The van der Waals surface area contributed by atoms with E-state index in [9.17, 15) is 4.79 Å².